The van der Waals surface area contributed by atoms with Crippen molar-refractivity contribution in [2.75, 3.05) is 47.8 Å². The van der Waals surface area contributed by atoms with Crippen LogP contribution in [0.2, 0.25) is 0 Å². The van der Waals surface area contributed by atoms with Crippen LogP contribution in [0.5, 0.6) is 0 Å². The standard InChI is InChI=1S/2C20H18N4O2.2Ag.2NO3.4H2O/c2*1-23(17-6-10-21-11-7-17)19(25)15-4-3-5-16(14-15)20(26)24(2)18-8-12-22-13-9-18;;;2*2-1(3)4;;;;/h2*3-14H,1-2H3;;;;;4*1H2/q;;2*+1;2*-1;;;;. The summed E-state index contributed by atoms with van der Waals surface area (Å²) in [5.41, 5.74) is 4.70. The maximum Gasteiger partial charge on any atom is 1.00 e. The van der Waals surface area contributed by atoms with E-state index in [1.807, 2.05) is 0 Å². The molecule has 360 valence electrons. The first kappa shape index (κ1) is 65.3. The van der Waals surface area contributed by atoms with Gasteiger partial charge in [0, 0.05) is 123 Å². The fourth-order valence-electron chi connectivity index (χ4n) is 5.08. The van der Waals surface area contributed by atoms with Crippen LogP contribution in [0.15, 0.2) is 147 Å². The molecule has 0 bridgehead atoms. The fraction of sp³-hybridized carbons (Fsp3) is 0.100. The van der Waals surface area contributed by atoms with Gasteiger partial charge in [0.2, 0.25) is 0 Å². The molecule has 26 heteroatoms. The summed E-state index contributed by atoms with van der Waals surface area (Å²) in [7, 11) is 6.76. The minimum Gasteiger partial charge on any atom is -0.412 e. The molecule has 66 heavy (non-hydrogen) atoms. The molecule has 8 N–H and O–H groups in total. The molecule has 0 aliphatic heterocycles. The van der Waals surface area contributed by atoms with Gasteiger partial charge in [-0.25, -0.2) is 0 Å². The molecule has 6 rings (SSSR count). The second-order valence-corrected chi connectivity index (χ2v) is 11.9. The molecule has 0 spiro atoms. The van der Waals surface area contributed by atoms with Crippen molar-refractivity contribution >= 4 is 46.4 Å². The zero-order valence-electron chi connectivity index (χ0n) is 35.0. The average molecular weight is 1100 g/mol. The average Bonchev–Trinajstić information content (AvgIpc) is 3.28. The molecule has 4 amide bonds. The van der Waals surface area contributed by atoms with Crippen LogP contribution in [-0.2, 0) is 44.8 Å². The van der Waals surface area contributed by atoms with Gasteiger partial charge in [0.15, 0.2) is 0 Å². The van der Waals surface area contributed by atoms with E-state index in [0.717, 1.165) is 22.7 Å². The minimum atomic E-state index is -1.75. The smallest absolute Gasteiger partial charge is 0.412 e. The first-order valence-corrected chi connectivity index (χ1v) is 17.2. The number of anilines is 4. The normalized spacial score (nSPS) is 8.79. The molecule has 0 saturated heterocycles. The van der Waals surface area contributed by atoms with Crippen LogP contribution >= 0.6 is 0 Å². The van der Waals surface area contributed by atoms with Gasteiger partial charge >= 0.3 is 44.8 Å². The van der Waals surface area contributed by atoms with Crippen molar-refractivity contribution in [2.45, 2.75) is 0 Å². The third kappa shape index (κ3) is 20.4. The Morgan fingerprint density at radius 3 is 0.682 bits per heavy atom. The van der Waals surface area contributed by atoms with Crippen molar-refractivity contribution in [2.24, 2.45) is 0 Å². The van der Waals surface area contributed by atoms with Gasteiger partial charge in [0.25, 0.3) is 23.6 Å². The summed E-state index contributed by atoms with van der Waals surface area (Å²) in [6.07, 6.45) is 13.0. The van der Waals surface area contributed by atoms with Crippen molar-refractivity contribution in [1.29, 1.82) is 0 Å². The number of hydrogen-bond donors (Lipinski definition) is 0. The van der Waals surface area contributed by atoms with Crippen molar-refractivity contribution in [3.05, 3.63) is 200 Å². The van der Waals surface area contributed by atoms with Crippen molar-refractivity contribution in [1.82, 2.24) is 19.9 Å². The molecule has 4 aromatic heterocycles. The van der Waals surface area contributed by atoms with Crippen LogP contribution in [0.25, 0.3) is 0 Å². The molecule has 0 atom stereocenters. The van der Waals surface area contributed by atoms with Gasteiger partial charge < -0.3 is 72.1 Å². The topological polar surface area (TPSA) is 391 Å². The van der Waals surface area contributed by atoms with Gasteiger partial charge in [0.05, 0.1) is 10.2 Å². The van der Waals surface area contributed by atoms with Crippen LogP contribution in [0.4, 0.5) is 22.7 Å². The maximum atomic E-state index is 12.7. The Kier molecular flexibility index (Phi) is 32.8. The predicted molar refractivity (Wildman–Crippen MR) is 236 cm³/mol. The summed E-state index contributed by atoms with van der Waals surface area (Å²) in [6, 6.07) is 27.5. The zero-order chi connectivity index (χ0) is 44.2. The van der Waals surface area contributed by atoms with Crippen molar-refractivity contribution in [3.63, 3.8) is 0 Å². The number of carbonyl (C=O) groups is 4. The van der Waals surface area contributed by atoms with Gasteiger partial charge in [-0.1, -0.05) is 12.1 Å². The Labute approximate surface area is 407 Å². The monoisotopic (exact) mass is 1100 g/mol. The molecule has 0 saturated carbocycles. The number of rotatable bonds is 8. The minimum absolute atomic E-state index is 0. The van der Waals surface area contributed by atoms with E-state index in [1.165, 1.54) is 19.6 Å². The Morgan fingerprint density at radius 2 is 0.530 bits per heavy atom. The number of amides is 4. The van der Waals surface area contributed by atoms with Gasteiger partial charge in [-0.15, -0.1) is 0 Å². The van der Waals surface area contributed by atoms with Gasteiger partial charge in [-0.3, -0.25) is 39.1 Å². The molecule has 0 radical (unpaired) electrons. The fourth-order valence-corrected chi connectivity index (χ4v) is 5.08. The molecule has 0 fully saturated rings. The van der Waals surface area contributed by atoms with E-state index >= 15 is 0 Å². The van der Waals surface area contributed by atoms with E-state index in [2.05, 4.69) is 19.9 Å². The number of pyridine rings is 4. The molecule has 4 heterocycles. The second-order valence-electron chi connectivity index (χ2n) is 11.9. The molecular formula is C40H44Ag2N10O14. The maximum absolute atomic E-state index is 12.7. The predicted octanol–water partition coefficient (Wildman–Crippen LogP) is 2.28. The Morgan fingerprint density at radius 1 is 0.379 bits per heavy atom. The van der Waals surface area contributed by atoms with E-state index in [-0.39, 0.29) is 90.3 Å². The number of carbonyl (C=O) groups excluding carboxylic acids is 4. The first-order valence-electron chi connectivity index (χ1n) is 17.2. The molecule has 6 aromatic rings. The Balaban J connectivity index is -0.000000464. The molecule has 0 aliphatic rings. The number of hydrogen-bond acceptors (Lipinski definition) is 14. The number of aromatic nitrogens is 4. The van der Waals surface area contributed by atoms with E-state index in [9.17, 15) is 19.2 Å². The van der Waals surface area contributed by atoms with E-state index in [0.29, 0.717) is 22.3 Å². The summed E-state index contributed by atoms with van der Waals surface area (Å²) in [4.78, 5) is 89.3. The van der Waals surface area contributed by atoms with E-state index < -0.39 is 10.2 Å². The molecule has 24 nitrogen and oxygen atoms in total. The van der Waals surface area contributed by atoms with Crippen molar-refractivity contribution < 1.29 is 96.0 Å². The quantitative estimate of drug-likeness (QED) is 0.120. The molecule has 0 unspecified atom stereocenters. The van der Waals surface area contributed by atoms with Crippen LogP contribution in [0.3, 0.4) is 0 Å². The summed E-state index contributed by atoms with van der Waals surface area (Å²) < 4.78 is 0. The van der Waals surface area contributed by atoms with Gasteiger partial charge in [0.1, 0.15) is 0 Å². The van der Waals surface area contributed by atoms with Crippen LogP contribution in [0, 0.1) is 30.6 Å². The second kappa shape index (κ2) is 33.2. The summed E-state index contributed by atoms with van der Waals surface area (Å²) in [5.74, 6) is -0.787. The van der Waals surface area contributed by atoms with Gasteiger partial charge in [-0.2, -0.15) is 0 Å². The van der Waals surface area contributed by atoms with Gasteiger partial charge in [-0.05, 0) is 84.9 Å². The van der Waals surface area contributed by atoms with Crippen LogP contribution in [-0.4, -0.2) is 104 Å². The summed E-state index contributed by atoms with van der Waals surface area (Å²) in [6.45, 7) is 0. The summed E-state index contributed by atoms with van der Waals surface area (Å²) >= 11 is 0. The van der Waals surface area contributed by atoms with Crippen LogP contribution < -0.4 is 19.6 Å². The SMILES string of the molecule is CN(C(=O)c1cccc(C(=O)N(C)c2ccncc2)c1)c1ccncc1.CN(C(=O)c1cccc(C(=O)N(C)c2ccncc2)c1)c1ccncc1.O.O.O.O.O=[N+]([O-])[O-].O=[N+]([O-])[O-].[Ag+].[Ag+]. The Hall–Kier alpha value is -7.36. The Bertz CT molecular complexity index is 2060. The number of benzene rings is 2. The summed E-state index contributed by atoms with van der Waals surface area (Å²) in [5, 5.41) is 29.5. The molecule has 2 aromatic carbocycles. The van der Waals surface area contributed by atoms with Crippen LogP contribution in [0.1, 0.15) is 41.4 Å². The third-order valence-corrected chi connectivity index (χ3v) is 8.13. The zero-order valence-corrected chi connectivity index (χ0v) is 38.0. The van der Waals surface area contributed by atoms with E-state index in [4.69, 9.17) is 30.6 Å². The molecule has 0 aliphatic carbocycles. The van der Waals surface area contributed by atoms with Crippen molar-refractivity contribution in [3.8, 4) is 0 Å². The van der Waals surface area contributed by atoms with E-state index in [1.54, 1.807) is 175 Å². The number of nitrogens with zero attached hydrogens (tertiary/aromatic N) is 10. The first-order chi connectivity index (χ1) is 28.6. The largest absolute Gasteiger partial charge is 1.00 e. The molecular weight excluding hydrogens is 1060 g/mol. The third-order valence-electron chi connectivity index (χ3n) is 8.13.